The molecule has 2 aromatic rings. The lowest BCUT2D eigenvalue weighted by Crippen LogP contribution is -2.37. The first kappa shape index (κ1) is 19.4. The summed E-state index contributed by atoms with van der Waals surface area (Å²) in [7, 11) is -2.13. The van der Waals surface area contributed by atoms with Gasteiger partial charge >= 0.3 is 0 Å². The molecule has 1 amide bonds. The van der Waals surface area contributed by atoms with Crippen LogP contribution in [0.5, 0.6) is 5.75 Å². The molecule has 7 nitrogen and oxygen atoms in total. The molecule has 0 fully saturated rings. The number of ether oxygens (including phenoxy) is 1. The molecule has 0 aliphatic heterocycles. The highest BCUT2D eigenvalue weighted by Gasteiger charge is 2.22. The van der Waals surface area contributed by atoms with Crippen LogP contribution in [0, 0.1) is 11.3 Å². The number of anilines is 1. The summed E-state index contributed by atoms with van der Waals surface area (Å²) in [5.41, 5.74) is 1.48. The molecular weight excluding hydrogens is 354 g/mol. The van der Waals surface area contributed by atoms with E-state index >= 15 is 0 Å². The minimum atomic E-state index is -3.62. The minimum Gasteiger partial charge on any atom is -0.496 e. The first-order valence-corrected chi connectivity index (χ1v) is 9.55. The van der Waals surface area contributed by atoms with Crippen molar-refractivity contribution in [3.8, 4) is 11.8 Å². The second kappa shape index (κ2) is 8.47. The normalized spacial score (nSPS) is 11.0. The smallest absolute Gasteiger partial charge is 0.239 e. The Hall–Kier alpha value is -2.89. The highest BCUT2D eigenvalue weighted by molar-refractivity contribution is 7.88. The molecule has 0 radical (unpaired) electrons. The molecule has 136 valence electrons. The quantitative estimate of drug-likeness (QED) is 0.800. The fourth-order valence-corrected chi connectivity index (χ4v) is 3.07. The molecule has 0 unspecified atom stereocenters. The predicted molar refractivity (Wildman–Crippen MR) is 98.0 cm³/mol. The molecule has 0 saturated carbocycles. The van der Waals surface area contributed by atoms with Crippen LogP contribution >= 0.6 is 0 Å². The lowest BCUT2D eigenvalue weighted by Gasteiger charge is -2.20. The molecule has 0 aromatic heterocycles. The minimum absolute atomic E-state index is 0.00843. The number of hydrogen-bond acceptors (Lipinski definition) is 5. The van der Waals surface area contributed by atoms with Crippen molar-refractivity contribution in [1.29, 1.82) is 5.26 Å². The second-order valence-electron chi connectivity index (χ2n) is 5.58. The third-order valence-electron chi connectivity index (χ3n) is 3.60. The van der Waals surface area contributed by atoms with E-state index in [4.69, 9.17) is 10.00 Å². The largest absolute Gasteiger partial charge is 0.496 e. The predicted octanol–water partition coefficient (Wildman–Crippen LogP) is 1.97. The zero-order valence-corrected chi connectivity index (χ0v) is 15.3. The topological polar surface area (TPSA) is 99.5 Å². The van der Waals surface area contributed by atoms with E-state index < -0.39 is 15.9 Å². The Morgan fingerprint density at radius 1 is 1.23 bits per heavy atom. The Bertz CT molecular complexity index is 935. The van der Waals surface area contributed by atoms with Gasteiger partial charge in [-0.05, 0) is 24.3 Å². The van der Waals surface area contributed by atoms with Crippen LogP contribution in [0.4, 0.5) is 5.69 Å². The summed E-state index contributed by atoms with van der Waals surface area (Å²) in [5.74, 6) is 0.0451. The van der Waals surface area contributed by atoms with E-state index in [0.717, 1.165) is 10.6 Å². The molecule has 0 aliphatic rings. The molecule has 1 N–H and O–H groups in total. The maximum atomic E-state index is 12.3. The van der Waals surface area contributed by atoms with E-state index in [2.05, 4.69) is 5.32 Å². The van der Waals surface area contributed by atoms with Crippen molar-refractivity contribution in [2.24, 2.45) is 0 Å². The van der Waals surface area contributed by atoms with Gasteiger partial charge in [0.1, 0.15) is 5.75 Å². The van der Waals surface area contributed by atoms with Crippen LogP contribution in [0.25, 0.3) is 0 Å². The Morgan fingerprint density at radius 3 is 2.62 bits per heavy atom. The standard InChI is InChI=1S/C18H19N3O4S/c1-25-17-9-4-3-7-15(17)12-21(26(2,23)24)13-18(22)20-16-8-5-6-14(10-16)11-19/h3-10H,12-13H2,1-2H3,(H,20,22). The molecule has 0 heterocycles. The number of para-hydroxylation sites is 1. The van der Waals surface area contributed by atoms with Crippen LogP contribution in [0.15, 0.2) is 48.5 Å². The molecule has 0 saturated heterocycles. The van der Waals surface area contributed by atoms with Gasteiger partial charge in [0.25, 0.3) is 0 Å². The molecule has 8 heteroatoms. The van der Waals surface area contributed by atoms with Crippen LogP contribution in [-0.4, -0.2) is 38.5 Å². The fraction of sp³-hybridized carbons (Fsp3) is 0.222. The van der Waals surface area contributed by atoms with E-state index in [1.54, 1.807) is 42.5 Å². The van der Waals surface area contributed by atoms with Gasteiger partial charge < -0.3 is 10.1 Å². The molecule has 0 aliphatic carbocycles. The molecule has 0 spiro atoms. The number of nitrogens with one attached hydrogen (secondary N) is 1. The summed E-state index contributed by atoms with van der Waals surface area (Å²) in [5, 5.41) is 11.5. The van der Waals surface area contributed by atoms with Crippen LogP contribution in [0.1, 0.15) is 11.1 Å². The maximum Gasteiger partial charge on any atom is 0.239 e. The molecule has 2 rings (SSSR count). The summed E-state index contributed by atoms with van der Waals surface area (Å²) in [4.78, 5) is 12.3. The van der Waals surface area contributed by atoms with Crippen molar-refractivity contribution >= 4 is 21.6 Å². The number of benzene rings is 2. The van der Waals surface area contributed by atoms with Gasteiger partial charge in [-0.15, -0.1) is 0 Å². The molecule has 0 atom stereocenters. The van der Waals surface area contributed by atoms with Crippen molar-refractivity contribution in [2.75, 3.05) is 25.2 Å². The average molecular weight is 373 g/mol. The van der Waals surface area contributed by atoms with Gasteiger partial charge in [-0.3, -0.25) is 4.79 Å². The highest BCUT2D eigenvalue weighted by Crippen LogP contribution is 2.20. The third kappa shape index (κ3) is 5.31. The summed E-state index contributed by atoms with van der Waals surface area (Å²) in [6, 6.07) is 15.4. The van der Waals surface area contributed by atoms with Crippen molar-refractivity contribution in [1.82, 2.24) is 4.31 Å². The number of rotatable bonds is 7. The first-order chi connectivity index (χ1) is 12.3. The van der Waals surface area contributed by atoms with E-state index in [1.807, 2.05) is 6.07 Å². The number of methoxy groups -OCH3 is 1. The molecule has 26 heavy (non-hydrogen) atoms. The Morgan fingerprint density at radius 2 is 1.96 bits per heavy atom. The molecule has 2 aromatic carbocycles. The SMILES string of the molecule is COc1ccccc1CN(CC(=O)Nc1cccc(C#N)c1)S(C)(=O)=O. The number of carbonyl (C=O) groups is 1. The summed E-state index contributed by atoms with van der Waals surface area (Å²) >= 11 is 0. The number of sulfonamides is 1. The lowest BCUT2D eigenvalue weighted by molar-refractivity contribution is -0.116. The van der Waals surface area contributed by atoms with Gasteiger partial charge in [-0.25, -0.2) is 8.42 Å². The van der Waals surface area contributed by atoms with Crippen molar-refractivity contribution in [3.63, 3.8) is 0 Å². The maximum absolute atomic E-state index is 12.3. The average Bonchev–Trinajstić information content (AvgIpc) is 2.61. The molecule has 0 bridgehead atoms. The van der Waals surface area contributed by atoms with Crippen LogP contribution in [0.3, 0.4) is 0 Å². The van der Waals surface area contributed by atoms with Crippen molar-refractivity contribution in [3.05, 3.63) is 59.7 Å². The molecular formula is C18H19N3O4S. The highest BCUT2D eigenvalue weighted by atomic mass is 32.2. The lowest BCUT2D eigenvalue weighted by atomic mass is 10.2. The second-order valence-corrected chi connectivity index (χ2v) is 7.57. The number of hydrogen-bond donors (Lipinski definition) is 1. The van der Waals surface area contributed by atoms with Gasteiger partial charge in [0, 0.05) is 17.8 Å². The van der Waals surface area contributed by atoms with Crippen molar-refractivity contribution < 1.29 is 17.9 Å². The number of carbonyl (C=O) groups excluding carboxylic acids is 1. The summed E-state index contributed by atoms with van der Waals surface area (Å²) < 4.78 is 30.5. The first-order valence-electron chi connectivity index (χ1n) is 7.70. The van der Waals surface area contributed by atoms with Crippen molar-refractivity contribution in [2.45, 2.75) is 6.54 Å². The Balaban J connectivity index is 2.15. The van der Waals surface area contributed by atoms with Gasteiger partial charge in [0.05, 0.1) is 31.5 Å². The van der Waals surface area contributed by atoms with Crippen LogP contribution in [-0.2, 0) is 21.4 Å². The van der Waals surface area contributed by atoms with E-state index in [0.29, 0.717) is 22.6 Å². The number of nitriles is 1. The zero-order chi connectivity index (χ0) is 19.2. The fourth-order valence-electron chi connectivity index (χ4n) is 2.34. The van der Waals surface area contributed by atoms with E-state index in [1.165, 1.54) is 13.2 Å². The van der Waals surface area contributed by atoms with Gasteiger partial charge in [0.15, 0.2) is 0 Å². The Labute approximate surface area is 152 Å². The van der Waals surface area contributed by atoms with E-state index in [9.17, 15) is 13.2 Å². The Kier molecular flexibility index (Phi) is 6.33. The van der Waals surface area contributed by atoms with Gasteiger partial charge in [0.2, 0.25) is 15.9 Å². The third-order valence-corrected chi connectivity index (χ3v) is 4.80. The number of amides is 1. The van der Waals surface area contributed by atoms with Crippen LogP contribution < -0.4 is 10.1 Å². The monoisotopic (exact) mass is 373 g/mol. The summed E-state index contributed by atoms with van der Waals surface area (Å²) in [6.45, 7) is -0.345. The number of nitrogens with zero attached hydrogens (tertiary/aromatic N) is 2. The van der Waals surface area contributed by atoms with Gasteiger partial charge in [-0.2, -0.15) is 9.57 Å². The van der Waals surface area contributed by atoms with Crippen LogP contribution in [0.2, 0.25) is 0 Å². The summed E-state index contributed by atoms with van der Waals surface area (Å²) in [6.07, 6.45) is 1.05. The zero-order valence-electron chi connectivity index (χ0n) is 14.5. The van der Waals surface area contributed by atoms with Gasteiger partial charge in [-0.1, -0.05) is 24.3 Å². The van der Waals surface area contributed by atoms with E-state index in [-0.39, 0.29) is 13.1 Å².